The minimum absolute atomic E-state index is 0.0973. The second-order valence-electron chi connectivity index (χ2n) is 5.74. The standard InChI is InChI=1S/C19H20FNO4/c20-14-5-3-6-15(11-14)24-13-19(22)21-17-8-1-2-9-18(17)25-12-16-7-4-10-23-16/h1-3,5-6,8-9,11,16H,4,7,10,12-13H2,(H,21,22). The monoisotopic (exact) mass is 345 g/mol. The molecule has 1 saturated heterocycles. The highest BCUT2D eigenvalue weighted by Gasteiger charge is 2.17. The van der Waals surface area contributed by atoms with Gasteiger partial charge in [0.15, 0.2) is 6.61 Å². The molecule has 132 valence electrons. The minimum Gasteiger partial charge on any atom is -0.489 e. The minimum atomic E-state index is -0.411. The van der Waals surface area contributed by atoms with Crippen molar-refractivity contribution in [2.75, 3.05) is 25.1 Å². The molecule has 0 bridgehead atoms. The number of carbonyl (C=O) groups is 1. The quantitative estimate of drug-likeness (QED) is 0.836. The summed E-state index contributed by atoms with van der Waals surface area (Å²) in [6.45, 7) is 1.00. The number of halogens is 1. The van der Waals surface area contributed by atoms with Gasteiger partial charge < -0.3 is 19.5 Å². The van der Waals surface area contributed by atoms with E-state index in [0.717, 1.165) is 19.4 Å². The number of amides is 1. The van der Waals surface area contributed by atoms with Gasteiger partial charge in [0.2, 0.25) is 0 Å². The Morgan fingerprint density at radius 2 is 2.08 bits per heavy atom. The van der Waals surface area contributed by atoms with Crippen LogP contribution in [0.15, 0.2) is 48.5 Å². The lowest BCUT2D eigenvalue weighted by Gasteiger charge is -2.15. The van der Waals surface area contributed by atoms with Crippen molar-refractivity contribution in [2.24, 2.45) is 0 Å². The SMILES string of the molecule is O=C(COc1cccc(F)c1)Nc1ccccc1OCC1CCCO1. The Labute approximate surface area is 145 Å². The first-order valence-corrected chi connectivity index (χ1v) is 8.22. The Morgan fingerprint density at radius 3 is 2.88 bits per heavy atom. The zero-order valence-corrected chi connectivity index (χ0v) is 13.7. The van der Waals surface area contributed by atoms with E-state index in [9.17, 15) is 9.18 Å². The number of anilines is 1. The van der Waals surface area contributed by atoms with E-state index in [1.807, 2.05) is 12.1 Å². The maximum Gasteiger partial charge on any atom is 0.262 e. The van der Waals surface area contributed by atoms with Crippen molar-refractivity contribution in [3.8, 4) is 11.5 Å². The van der Waals surface area contributed by atoms with Gasteiger partial charge in [-0.15, -0.1) is 0 Å². The molecule has 3 rings (SSSR count). The number of benzene rings is 2. The number of hydrogen-bond donors (Lipinski definition) is 1. The highest BCUT2D eigenvalue weighted by molar-refractivity contribution is 5.93. The molecule has 0 aliphatic carbocycles. The molecule has 1 atom stereocenters. The summed E-state index contributed by atoms with van der Waals surface area (Å²) in [6.07, 6.45) is 2.12. The molecule has 0 spiro atoms. The molecule has 1 unspecified atom stereocenters. The smallest absolute Gasteiger partial charge is 0.262 e. The average Bonchev–Trinajstić information content (AvgIpc) is 3.13. The van der Waals surface area contributed by atoms with E-state index >= 15 is 0 Å². The molecule has 1 fully saturated rings. The Bertz CT molecular complexity index is 716. The number of rotatable bonds is 7. The third-order valence-corrected chi connectivity index (χ3v) is 3.78. The zero-order chi connectivity index (χ0) is 17.5. The van der Waals surface area contributed by atoms with Gasteiger partial charge in [0.1, 0.15) is 23.9 Å². The first-order chi connectivity index (χ1) is 12.2. The van der Waals surface area contributed by atoms with E-state index in [0.29, 0.717) is 23.8 Å². The van der Waals surface area contributed by atoms with Gasteiger partial charge in [0, 0.05) is 12.7 Å². The fraction of sp³-hybridized carbons (Fsp3) is 0.316. The third-order valence-electron chi connectivity index (χ3n) is 3.78. The number of hydrogen-bond acceptors (Lipinski definition) is 4. The lowest BCUT2D eigenvalue weighted by molar-refractivity contribution is -0.118. The fourth-order valence-electron chi connectivity index (χ4n) is 2.55. The number of ether oxygens (including phenoxy) is 3. The van der Waals surface area contributed by atoms with Gasteiger partial charge in [-0.1, -0.05) is 18.2 Å². The van der Waals surface area contributed by atoms with Crippen LogP contribution in [0, 0.1) is 5.82 Å². The van der Waals surface area contributed by atoms with Crippen LogP contribution in [-0.4, -0.2) is 31.8 Å². The van der Waals surface area contributed by atoms with Gasteiger partial charge in [0.05, 0.1) is 11.8 Å². The van der Waals surface area contributed by atoms with Gasteiger partial charge in [0.25, 0.3) is 5.91 Å². The van der Waals surface area contributed by atoms with Crippen LogP contribution < -0.4 is 14.8 Å². The maximum atomic E-state index is 13.1. The third kappa shape index (κ3) is 5.19. The van der Waals surface area contributed by atoms with Gasteiger partial charge in [-0.25, -0.2) is 4.39 Å². The molecule has 0 radical (unpaired) electrons. The highest BCUT2D eigenvalue weighted by atomic mass is 19.1. The van der Waals surface area contributed by atoms with E-state index in [-0.39, 0.29) is 18.6 Å². The lowest BCUT2D eigenvalue weighted by Crippen LogP contribution is -2.21. The summed E-state index contributed by atoms with van der Waals surface area (Å²) in [4.78, 5) is 12.1. The van der Waals surface area contributed by atoms with E-state index < -0.39 is 5.82 Å². The topological polar surface area (TPSA) is 56.8 Å². The van der Waals surface area contributed by atoms with Crippen molar-refractivity contribution in [3.05, 3.63) is 54.3 Å². The summed E-state index contributed by atoms with van der Waals surface area (Å²) in [6, 6.07) is 12.8. The normalized spacial score (nSPS) is 16.4. The van der Waals surface area contributed by atoms with Crippen LogP contribution in [0.5, 0.6) is 11.5 Å². The van der Waals surface area contributed by atoms with E-state index in [2.05, 4.69) is 5.32 Å². The Morgan fingerprint density at radius 1 is 1.20 bits per heavy atom. The second kappa shape index (κ2) is 8.48. The molecule has 1 N–H and O–H groups in total. The van der Waals surface area contributed by atoms with Crippen molar-refractivity contribution in [3.63, 3.8) is 0 Å². The van der Waals surface area contributed by atoms with Gasteiger partial charge in [-0.3, -0.25) is 4.79 Å². The van der Waals surface area contributed by atoms with E-state index in [1.165, 1.54) is 18.2 Å². The maximum absolute atomic E-state index is 13.1. The number of nitrogens with one attached hydrogen (secondary N) is 1. The summed E-state index contributed by atoms with van der Waals surface area (Å²) < 4.78 is 29.7. The molecular weight excluding hydrogens is 325 g/mol. The van der Waals surface area contributed by atoms with Crippen molar-refractivity contribution < 1.29 is 23.4 Å². The van der Waals surface area contributed by atoms with E-state index in [4.69, 9.17) is 14.2 Å². The average molecular weight is 345 g/mol. The molecule has 1 aliphatic heterocycles. The van der Waals surface area contributed by atoms with Gasteiger partial charge in [-0.05, 0) is 37.1 Å². The fourth-order valence-corrected chi connectivity index (χ4v) is 2.55. The molecular formula is C19H20FNO4. The lowest BCUT2D eigenvalue weighted by atomic mass is 10.2. The van der Waals surface area contributed by atoms with Crippen molar-refractivity contribution in [2.45, 2.75) is 18.9 Å². The molecule has 0 saturated carbocycles. The summed E-state index contributed by atoms with van der Waals surface area (Å²) in [5.41, 5.74) is 0.563. The van der Waals surface area contributed by atoms with Crippen molar-refractivity contribution in [1.29, 1.82) is 0 Å². The summed E-state index contributed by atoms with van der Waals surface area (Å²) in [7, 11) is 0. The molecule has 2 aromatic carbocycles. The first kappa shape index (κ1) is 17.2. The first-order valence-electron chi connectivity index (χ1n) is 8.22. The number of para-hydroxylation sites is 2. The molecule has 1 heterocycles. The summed E-state index contributed by atoms with van der Waals surface area (Å²) in [5.74, 6) is 0.124. The van der Waals surface area contributed by atoms with Crippen LogP contribution in [0.2, 0.25) is 0 Å². The van der Waals surface area contributed by atoms with Gasteiger partial charge >= 0.3 is 0 Å². The molecule has 6 heteroatoms. The Hall–Kier alpha value is -2.60. The predicted octanol–water partition coefficient (Wildman–Crippen LogP) is 3.40. The summed E-state index contributed by atoms with van der Waals surface area (Å²) in [5, 5.41) is 2.75. The molecule has 1 amide bonds. The molecule has 25 heavy (non-hydrogen) atoms. The van der Waals surface area contributed by atoms with Gasteiger partial charge in [-0.2, -0.15) is 0 Å². The predicted molar refractivity (Wildman–Crippen MR) is 91.4 cm³/mol. The van der Waals surface area contributed by atoms with Crippen LogP contribution in [0.3, 0.4) is 0 Å². The van der Waals surface area contributed by atoms with Crippen LogP contribution in [0.1, 0.15) is 12.8 Å². The van der Waals surface area contributed by atoms with Crippen molar-refractivity contribution >= 4 is 11.6 Å². The highest BCUT2D eigenvalue weighted by Crippen LogP contribution is 2.25. The van der Waals surface area contributed by atoms with Crippen LogP contribution >= 0.6 is 0 Å². The summed E-state index contributed by atoms with van der Waals surface area (Å²) >= 11 is 0. The Kier molecular flexibility index (Phi) is 5.85. The molecule has 1 aliphatic rings. The van der Waals surface area contributed by atoms with E-state index in [1.54, 1.807) is 18.2 Å². The van der Waals surface area contributed by atoms with Crippen LogP contribution in [0.25, 0.3) is 0 Å². The molecule has 2 aromatic rings. The molecule has 0 aromatic heterocycles. The van der Waals surface area contributed by atoms with Crippen LogP contribution in [0.4, 0.5) is 10.1 Å². The molecule has 5 nitrogen and oxygen atoms in total. The zero-order valence-electron chi connectivity index (χ0n) is 13.7. The Balaban J connectivity index is 1.53. The van der Waals surface area contributed by atoms with Crippen molar-refractivity contribution in [1.82, 2.24) is 0 Å². The second-order valence-corrected chi connectivity index (χ2v) is 5.74. The van der Waals surface area contributed by atoms with Crippen LogP contribution in [-0.2, 0) is 9.53 Å². The largest absolute Gasteiger partial charge is 0.489 e. The number of carbonyl (C=O) groups excluding carboxylic acids is 1.